The van der Waals surface area contributed by atoms with E-state index in [1.807, 2.05) is 13.2 Å². The van der Waals surface area contributed by atoms with Gasteiger partial charge in [0, 0.05) is 13.2 Å². The molecule has 4 heteroatoms. The standard InChI is InChI=1S/C16H23N3O/c1-5-10-20-16-9-7-14(12(2)13(16)3)6-8-15-11-19(4)18-17-15/h7,9,11H,5-6,8,10H2,1-4H3. The fourth-order valence-electron chi connectivity index (χ4n) is 2.26. The van der Waals surface area contributed by atoms with Crippen molar-refractivity contribution in [2.24, 2.45) is 7.05 Å². The highest BCUT2D eigenvalue weighted by Crippen LogP contribution is 2.25. The molecule has 0 fully saturated rings. The molecular weight excluding hydrogens is 250 g/mol. The highest BCUT2D eigenvalue weighted by atomic mass is 16.5. The molecule has 1 heterocycles. The summed E-state index contributed by atoms with van der Waals surface area (Å²) in [6.07, 6.45) is 4.91. The Morgan fingerprint density at radius 1 is 1.15 bits per heavy atom. The van der Waals surface area contributed by atoms with Crippen LogP contribution < -0.4 is 4.74 Å². The number of aryl methyl sites for hydroxylation is 3. The van der Waals surface area contributed by atoms with Gasteiger partial charge in [-0.1, -0.05) is 18.2 Å². The van der Waals surface area contributed by atoms with Crippen LogP contribution in [-0.2, 0) is 19.9 Å². The summed E-state index contributed by atoms with van der Waals surface area (Å²) in [5, 5.41) is 8.09. The highest BCUT2D eigenvalue weighted by Gasteiger charge is 2.08. The molecule has 4 nitrogen and oxygen atoms in total. The lowest BCUT2D eigenvalue weighted by atomic mass is 9.98. The van der Waals surface area contributed by atoms with Gasteiger partial charge in [-0.15, -0.1) is 5.10 Å². The number of hydrogen-bond donors (Lipinski definition) is 0. The van der Waals surface area contributed by atoms with Crippen molar-refractivity contribution >= 4 is 0 Å². The minimum atomic E-state index is 0.777. The van der Waals surface area contributed by atoms with Gasteiger partial charge in [0.2, 0.25) is 0 Å². The molecule has 0 aliphatic carbocycles. The first kappa shape index (κ1) is 14.6. The average molecular weight is 273 g/mol. The minimum Gasteiger partial charge on any atom is -0.493 e. The van der Waals surface area contributed by atoms with Gasteiger partial charge in [-0.3, -0.25) is 4.68 Å². The molecule has 1 aromatic heterocycles. The molecule has 2 rings (SSSR count). The van der Waals surface area contributed by atoms with Crippen LogP contribution in [0.1, 0.15) is 35.7 Å². The predicted molar refractivity (Wildman–Crippen MR) is 80.1 cm³/mol. The molecule has 0 radical (unpaired) electrons. The molecule has 2 aromatic rings. The topological polar surface area (TPSA) is 39.9 Å². The quantitative estimate of drug-likeness (QED) is 0.812. The number of ether oxygens (including phenoxy) is 1. The Labute approximate surface area is 120 Å². The van der Waals surface area contributed by atoms with Crippen molar-refractivity contribution in [1.82, 2.24) is 15.0 Å². The van der Waals surface area contributed by atoms with Crippen molar-refractivity contribution in [2.75, 3.05) is 6.61 Å². The maximum Gasteiger partial charge on any atom is 0.122 e. The Bertz CT molecular complexity index is 575. The zero-order chi connectivity index (χ0) is 14.5. The lowest BCUT2D eigenvalue weighted by molar-refractivity contribution is 0.315. The minimum absolute atomic E-state index is 0.777. The summed E-state index contributed by atoms with van der Waals surface area (Å²) in [5.41, 5.74) is 4.96. The second-order valence-corrected chi connectivity index (χ2v) is 5.20. The molecule has 0 bridgehead atoms. The van der Waals surface area contributed by atoms with Gasteiger partial charge in [0.25, 0.3) is 0 Å². The van der Waals surface area contributed by atoms with Crippen LogP contribution in [0, 0.1) is 13.8 Å². The third kappa shape index (κ3) is 3.38. The monoisotopic (exact) mass is 273 g/mol. The summed E-state index contributed by atoms with van der Waals surface area (Å²) in [7, 11) is 1.89. The SMILES string of the molecule is CCCOc1ccc(CCc2cn(C)nn2)c(C)c1C. The van der Waals surface area contributed by atoms with Crippen LogP contribution in [0.3, 0.4) is 0 Å². The second kappa shape index (κ2) is 6.55. The van der Waals surface area contributed by atoms with E-state index >= 15 is 0 Å². The largest absolute Gasteiger partial charge is 0.493 e. The van der Waals surface area contributed by atoms with Crippen molar-refractivity contribution in [2.45, 2.75) is 40.0 Å². The Hall–Kier alpha value is -1.84. The lowest BCUT2D eigenvalue weighted by Gasteiger charge is -2.13. The smallest absolute Gasteiger partial charge is 0.122 e. The van der Waals surface area contributed by atoms with E-state index < -0.39 is 0 Å². The fourth-order valence-corrected chi connectivity index (χ4v) is 2.26. The lowest BCUT2D eigenvalue weighted by Crippen LogP contribution is -2.01. The maximum atomic E-state index is 5.76. The number of benzene rings is 1. The van der Waals surface area contributed by atoms with Gasteiger partial charge < -0.3 is 4.74 Å². The van der Waals surface area contributed by atoms with E-state index in [-0.39, 0.29) is 0 Å². The zero-order valence-corrected chi connectivity index (χ0v) is 12.8. The molecule has 0 N–H and O–H groups in total. The van der Waals surface area contributed by atoms with Crippen molar-refractivity contribution in [3.8, 4) is 5.75 Å². The Morgan fingerprint density at radius 3 is 2.60 bits per heavy atom. The predicted octanol–water partition coefficient (Wildman–Crippen LogP) is 3.01. The molecule has 20 heavy (non-hydrogen) atoms. The van der Waals surface area contributed by atoms with Gasteiger partial charge in [-0.05, 0) is 55.9 Å². The summed E-state index contributed by atoms with van der Waals surface area (Å²) in [4.78, 5) is 0. The first-order valence-corrected chi connectivity index (χ1v) is 7.19. The van der Waals surface area contributed by atoms with E-state index in [1.165, 1.54) is 16.7 Å². The highest BCUT2D eigenvalue weighted by molar-refractivity contribution is 5.43. The Kier molecular flexibility index (Phi) is 4.77. The van der Waals surface area contributed by atoms with Crippen LogP contribution >= 0.6 is 0 Å². The molecule has 0 aliphatic rings. The number of hydrogen-bond acceptors (Lipinski definition) is 3. The zero-order valence-electron chi connectivity index (χ0n) is 12.8. The first-order chi connectivity index (χ1) is 9.61. The van der Waals surface area contributed by atoms with Crippen LogP contribution in [0.15, 0.2) is 18.3 Å². The molecule has 0 amide bonds. The molecular formula is C16H23N3O. The molecule has 108 valence electrons. The Balaban J connectivity index is 2.07. The van der Waals surface area contributed by atoms with E-state index in [0.29, 0.717) is 0 Å². The molecule has 0 saturated carbocycles. The molecule has 0 aliphatic heterocycles. The third-order valence-corrected chi connectivity index (χ3v) is 3.61. The van der Waals surface area contributed by atoms with Crippen molar-refractivity contribution < 1.29 is 4.74 Å². The molecule has 0 unspecified atom stereocenters. The summed E-state index contributed by atoms with van der Waals surface area (Å²) in [6, 6.07) is 4.26. The van der Waals surface area contributed by atoms with Crippen molar-refractivity contribution in [3.05, 3.63) is 40.7 Å². The third-order valence-electron chi connectivity index (χ3n) is 3.61. The van der Waals surface area contributed by atoms with Crippen LogP contribution in [0.25, 0.3) is 0 Å². The summed E-state index contributed by atoms with van der Waals surface area (Å²) in [5.74, 6) is 1.01. The van der Waals surface area contributed by atoms with E-state index in [1.54, 1.807) is 4.68 Å². The summed E-state index contributed by atoms with van der Waals surface area (Å²) in [6.45, 7) is 7.20. The van der Waals surface area contributed by atoms with E-state index in [4.69, 9.17) is 4.74 Å². The first-order valence-electron chi connectivity index (χ1n) is 7.19. The normalized spacial score (nSPS) is 10.8. The van der Waals surface area contributed by atoms with E-state index in [9.17, 15) is 0 Å². The fraction of sp³-hybridized carbons (Fsp3) is 0.500. The number of aromatic nitrogens is 3. The van der Waals surface area contributed by atoms with E-state index in [0.717, 1.165) is 37.3 Å². The Morgan fingerprint density at radius 2 is 1.95 bits per heavy atom. The molecule has 0 saturated heterocycles. The van der Waals surface area contributed by atoms with Gasteiger partial charge in [0.05, 0.1) is 12.3 Å². The van der Waals surface area contributed by atoms with Crippen molar-refractivity contribution in [3.63, 3.8) is 0 Å². The molecule has 0 spiro atoms. The van der Waals surface area contributed by atoms with Crippen LogP contribution in [-0.4, -0.2) is 21.6 Å². The number of nitrogens with zero attached hydrogens (tertiary/aromatic N) is 3. The van der Waals surface area contributed by atoms with Crippen molar-refractivity contribution in [1.29, 1.82) is 0 Å². The van der Waals surface area contributed by atoms with Gasteiger partial charge in [0.1, 0.15) is 5.75 Å². The van der Waals surface area contributed by atoms with Gasteiger partial charge >= 0.3 is 0 Å². The molecule has 1 aromatic carbocycles. The maximum absolute atomic E-state index is 5.76. The summed E-state index contributed by atoms with van der Waals surface area (Å²) >= 11 is 0. The van der Waals surface area contributed by atoms with E-state index in [2.05, 4.69) is 43.2 Å². The number of rotatable bonds is 6. The van der Waals surface area contributed by atoms with Gasteiger partial charge in [-0.25, -0.2) is 0 Å². The van der Waals surface area contributed by atoms with Crippen LogP contribution in [0.2, 0.25) is 0 Å². The average Bonchev–Trinajstić information content (AvgIpc) is 2.85. The summed E-state index contributed by atoms with van der Waals surface area (Å²) < 4.78 is 7.51. The van der Waals surface area contributed by atoms with Crippen LogP contribution in [0.5, 0.6) is 5.75 Å². The molecule has 0 atom stereocenters. The second-order valence-electron chi connectivity index (χ2n) is 5.20. The van der Waals surface area contributed by atoms with Crippen LogP contribution in [0.4, 0.5) is 0 Å². The van der Waals surface area contributed by atoms with Gasteiger partial charge in [0.15, 0.2) is 0 Å². The van der Waals surface area contributed by atoms with Gasteiger partial charge in [-0.2, -0.15) is 0 Å².